The van der Waals surface area contributed by atoms with E-state index < -0.39 is 91.6 Å². The summed E-state index contributed by atoms with van der Waals surface area (Å²) in [6, 6.07) is 0. The maximum absolute atomic E-state index is 12.7. The number of rotatable bonds is 21. The maximum Gasteiger partial charge on any atom is 0.234 e. The van der Waals surface area contributed by atoms with Crippen molar-refractivity contribution in [2.75, 3.05) is 59.1 Å². The molecule has 10 atom stereocenters. The molecule has 278 valence electrons. The minimum absolute atomic E-state index is 0.0503. The van der Waals surface area contributed by atoms with Crippen molar-refractivity contribution >= 4 is 23.6 Å². The molecule has 2 heterocycles. The second-order valence-corrected chi connectivity index (χ2v) is 11.6. The van der Waals surface area contributed by atoms with E-state index >= 15 is 0 Å². The van der Waals surface area contributed by atoms with Gasteiger partial charge in [0.25, 0.3) is 0 Å². The van der Waals surface area contributed by atoms with E-state index in [4.69, 9.17) is 24.7 Å². The normalized spacial score (nSPS) is 30.5. The van der Waals surface area contributed by atoms with Crippen LogP contribution in [-0.4, -0.2) is 185 Å². The number of ether oxygens (including phenoxy) is 4. The van der Waals surface area contributed by atoms with Gasteiger partial charge < -0.3 is 76.4 Å². The highest BCUT2D eigenvalue weighted by atomic mass is 16.7. The Bertz CT molecular complexity index is 1010. The van der Waals surface area contributed by atoms with E-state index in [1.54, 1.807) is 0 Å². The Hall–Kier alpha value is -2.60. The maximum atomic E-state index is 12.7. The van der Waals surface area contributed by atoms with Crippen LogP contribution >= 0.6 is 0 Å². The molecule has 0 bridgehead atoms. The number of amides is 4. The summed E-state index contributed by atoms with van der Waals surface area (Å²) >= 11 is 0. The highest BCUT2D eigenvalue weighted by Gasteiger charge is 2.44. The van der Waals surface area contributed by atoms with Gasteiger partial charge >= 0.3 is 0 Å². The third kappa shape index (κ3) is 14.1. The van der Waals surface area contributed by atoms with Gasteiger partial charge in [-0.2, -0.15) is 0 Å². The lowest BCUT2D eigenvalue weighted by molar-refractivity contribution is -0.300. The number of carbonyl (C=O) groups is 4. The van der Waals surface area contributed by atoms with E-state index in [0.717, 1.165) is 0 Å². The Balaban J connectivity index is 1.82. The molecule has 2 aliphatic rings. The Morgan fingerprint density at radius 2 is 1.15 bits per heavy atom. The predicted molar refractivity (Wildman–Crippen MR) is 161 cm³/mol. The predicted octanol–water partition coefficient (Wildman–Crippen LogP) is -6.66. The van der Waals surface area contributed by atoms with Crippen LogP contribution in [0, 0.1) is 0 Å². The lowest BCUT2D eigenvalue weighted by Gasteiger charge is -2.39. The number of aliphatic hydroxyl groups excluding tert-OH is 7. The van der Waals surface area contributed by atoms with Gasteiger partial charge in [0.2, 0.25) is 23.6 Å². The van der Waals surface area contributed by atoms with Crippen LogP contribution in [-0.2, 0) is 38.1 Å². The van der Waals surface area contributed by atoms with Gasteiger partial charge in [-0.3, -0.25) is 24.1 Å². The molecule has 2 fully saturated rings. The van der Waals surface area contributed by atoms with Crippen molar-refractivity contribution in [3.8, 4) is 0 Å². The zero-order valence-electron chi connectivity index (χ0n) is 26.9. The fourth-order valence-corrected chi connectivity index (χ4v) is 4.86. The van der Waals surface area contributed by atoms with Crippen LogP contribution < -0.4 is 21.7 Å². The molecule has 0 saturated carbocycles. The molecule has 20 heteroatoms. The van der Waals surface area contributed by atoms with Crippen LogP contribution in [0.25, 0.3) is 0 Å². The summed E-state index contributed by atoms with van der Waals surface area (Å²) in [5.74, 6) is -2.02. The van der Waals surface area contributed by atoms with E-state index in [-0.39, 0.29) is 52.4 Å². The number of aliphatic hydroxyl groups is 7. The third-order valence-corrected chi connectivity index (χ3v) is 7.59. The Labute approximate surface area is 277 Å². The quantitative estimate of drug-likeness (QED) is 0.0497. The standard InChI is InChI=1S/C28H51N5O15/c1-15-21(39)23(41)25(43)27(47-15)45-9-7-31-19(37)12-33(11-18(36)30-6-4-2-3-5-17(29)35)13-20(38)32-8-10-46-28-26(44)24(42)22(40)16(14-34)48-28/h15-16,21-28,34,39-44H,2-14H2,1H3,(H2,29,35)(H,30,36)(H,31,37)(H,32,38)/t15-,16+,21+,22+,23+,24-,25-,26-,27+,28+/m0/s1. The van der Waals surface area contributed by atoms with Crippen LogP contribution in [0.3, 0.4) is 0 Å². The highest BCUT2D eigenvalue weighted by molar-refractivity contribution is 5.84. The first-order valence-electron chi connectivity index (χ1n) is 15.8. The van der Waals surface area contributed by atoms with E-state index in [9.17, 15) is 54.9 Å². The largest absolute Gasteiger partial charge is 0.394 e. The molecule has 0 unspecified atom stereocenters. The average Bonchev–Trinajstić information content (AvgIpc) is 3.03. The third-order valence-electron chi connectivity index (χ3n) is 7.59. The van der Waals surface area contributed by atoms with Crippen LogP contribution in [0.5, 0.6) is 0 Å². The van der Waals surface area contributed by atoms with Gasteiger partial charge in [0, 0.05) is 26.1 Å². The topological polar surface area (TPSA) is 312 Å². The molecule has 48 heavy (non-hydrogen) atoms. The Morgan fingerprint density at radius 3 is 1.65 bits per heavy atom. The minimum atomic E-state index is -1.62. The summed E-state index contributed by atoms with van der Waals surface area (Å²) in [5.41, 5.74) is 5.11. The number of nitrogens with two attached hydrogens (primary N) is 1. The minimum Gasteiger partial charge on any atom is -0.394 e. The Morgan fingerprint density at radius 1 is 0.667 bits per heavy atom. The summed E-state index contributed by atoms with van der Waals surface area (Å²) < 4.78 is 21.3. The molecule has 0 aromatic carbocycles. The molecule has 0 aromatic rings. The first-order chi connectivity index (χ1) is 22.7. The molecule has 2 rings (SSSR count). The molecule has 20 nitrogen and oxygen atoms in total. The van der Waals surface area contributed by atoms with E-state index in [2.05, 4.69) is 16.0 Å². The molecule has 0 aliphatic carbocycles. The summed E-state index contributed by atoms with van der Waals surface area (Å²) in [7, 11) is 0. The SMILES string of the molecule is C[C@@H]1O[C@@H](OCCNC(=O)CN(CC(=O)NCCCCCC(N)=O)CC(=O)NCCO[C@@H]2O[C@H](CO)[C@@H](O)[C@H](O)[C@@H]2O)[C@@H](O)[C@H](O)[C@@H]1O. The molecule has 4 amide bonds. The van der Waals surface area contributed by atoms with Gasteiger partial charge in [-0.1, -0.05) is 6.42 Å². The molecule has 12 N–H and O–H groups in total. The average molecular weight is 698 g/mol. The number of unbranched alkanes of at least 4 members (excludes halogenated alkanes) is 2. The molecule has 0 radical (unpaired) electrons. The molecular formula is C28H51N5O15. The number of nitrogens with one attached hydrogen (secondary N) is 3. The lowest BCUT2D eigenvalue weighted by Crippen LogP contribution is -2.59. The van der Waals surface area contributed by atoms with Gasteiger partial charge in [-0.15, -0.1) is 0 Å². The Kier molecular flexibility index (Phi) is 18.6. The van der Waals surface area contributed by atoms with E-state index in [0.29, 0.717) is 25.8 Å². The zero-order valence-corrected chi connectivity index (χ0v) is 26.9. The second-order valence-electron chi connectivity index (χ2n) is 11.6. The molecule has 0 aromatic heterocycles. The van der Waals surface area contributed by atoms with Crippen molar-refractivity contribution in [2.45, 2.75) is 94.0 Å². The number of nitrogens with zero attached hydrogens (tertiary/aromatic N) is 1. The van der Waals surface area contributed by atoms with Crippen LogP contribution in [0.4, 0.5) is 0 Å². The van der Waals surface area contributed by atoms with Crippen LogP contribution in [0.2, 0.25) is 0 Å². The van der Waals surface area contributed by atoms with Crippen LogP contribution in [0.15, 0.2) is 0 Å². The number of primary amides is 1. The van der Waals surface area contributed by atoms with Gasteiger partial charge in [0.15, 0.2) is 12.6 Å². The smallest absolute Gasteiger partial charge is 0.234 e. The summed E-state index contributed by atoms with van der Waals surface area (Å²) in [4.78, 5) is 50.0. The van der Waals surface area contributed by atoms with Gasteiger partial charge in [0.1, 0.15) is 42.7 Å². The van der Waals surface area contributed by atoms with Gasteiger partial charge in [-0.05, 0) is 19.8 Å². The summed E-state index contributed by atoms with van der Waals surface area (Å²) in [6.45, 7) is -0.373. The summed E-state index contributed by atoms with van der Waals surface area (Å²) in [5, 5.41) is 76.6. The van der Waals surface area contributed by atoms with Gasteiger partial charge in [-0.25, -0.2) is 0 Å². The molecule has 2 aliphatic heterocycles. The fraction of sp³-hybridized carbons (Fsp3) is 0.857. The van der Waals surface area contributed by atoms with Crippen molar-refractivity contribution in [1.29, 1.82) is 0 Å². The van der Waals surface area contributed by atoms with Crippen molar-refractivity contribution in [1.82, 2.24) is 20.9 Å². The van der Waals surface area contributed by atoms with Crippen molar-refractivity contribution < 1.29 is 73.9 Å². The number of hydrogen-bond donors (Lipinski definition) is 11. The lowest BCUT2D eigenvalue weighted by atomic mass is 9.99. The molecule has 2 saturated heterocycles. The van der Waals surface area contributed by atoms with Crippen LogP contribution in [0.1, 0.15) is 32.6 Å². The van der Waals surface area contributed by atoms with Crippen molar-refractivity contribution in [3.63, 3.8) is 0 Å². The molecular weight excluding hydrogens is 646 g/mol. The van der Waals surface area contributed by atoms with E-state index in [1.165, 1.54) is 11.8 Å². The van der Waals surface area contributed by atoms with Crippen molar-refractivity contribution in [2.24, 2.45) is 5.73 Å². The number of carbonyl (C=O) groups excluding carboxylic acids is 4. The molecule has 0 spiro atoms. The van der Waals surface area contributed by atoms with Gasteiger partial charge in [0.05, 0.1) is 45.6 Å². The first-order valence-corrected chi connectivity index (χ1v) is 15.8. The summed E-state index contributed by atoms with van der Waals surface area (Å²) in [6.07, 6.45) is -11.6. The zero-order chi connectivity index (χ0) is 35.8. The second kappa shape index (κ2) is 21.5. The highest BCUT2D eigenvalue weighted by Crippen LogP contribution is 2.22. The first kappa shape index (κ1) is 41.6. The fourth-order valence-electron chi connectivity index (χ4n) is 4.86. The van der Waals surface area contributed by atoms with Crippen molar-refractivity contribution in [3.05, 3.63) is 0 Å². The monoisotopic (exact) mass is 697 g/mol. The van der Waals surface area contributed by atoms with E-state index in [1.807, 2.05) is 0 Å². The number of hydrogen-bond acceptors (Lipinski definition) is 16.